The maximum absolute atomic E-state index is 13.8. The maximum atomic E-state index is 13.8. The summed E-state index contributed by atoms with van der Waals surface area (Å²) in [7, 11) is 0. The van der Waals surface area contributed by atoms with E-state index in [4.69, 9.17) is 4.42 Å². The smallest absolute Gasteiger partial charge is 0.336 e. The first-order valence-electron chi connectivity index (χ1n) is 9.62. The van der Waals surface area contributed by atoms with Gasteiger partial charge in [0.1, 0.15) is 11.3 Å². The highest BCUT2D eigenvalue weighted by Crippen LogP contribution is 2.28. The SMILES string of the molecule is CCCN(CC(=O)Nc1ccc(F)c(F)c1F)Cc1cc(=O)oc2c(C)c(O)ccc12. The number of aryl methyl sites for hydroxylation is 1. The van der Waals surface area contributed by atoms with Crippen molar-refractivity contribution in [1.82, 2.24) is 4.90 Å². The summed E-state index contributed by atoms with van der Waals surface area (Å²) in [4.78, 5) is 26.2. The van der Waals surface area contributed by atoms with Crippen LogP contribution < -0.4 is 10.9 Å². The summed E-state index contributed by atoms with van der Waals surface area (Å²) in [6.45, 7) is 4.03. The van der Waals surface area contributed by atoms with Gasteiger partial charge in [0, 0.05) is 23.6 Å². The molecule has 1 aromatic heterocycles. The number of hydrogen-bond donors (Lipinski definition) is 2. The van der Waals surface area contributed by atoms with Gasteiger partial charge in [0.15, 0.2) is 17.5 Å². The zero-order valence-electron chi connectivity index (χ0n) is 17.0. The summed E-state index contributed by atoms with van der Waals surface area (Å²) in [6, 6.07) is 6.10. The molecular weight excluding hydrogens is 413 g/mol. The van der Waals surface area contributed by atoms with Crippen LogP contribution in [-0.4, -0.2) is 29.0 Å². The molecule has 1 heterocycles. The van der Waals surface area contributed by atoms with Gasteiger partial charge in [-0.05, 0) is 49.7 Å². The number of aromatic hydroxyl groups is 1. The van der Waals surface area contributed by atoms with Crippen molar-refractivity contribution < 1.29 is 27.5 Å². The first-order valence-corrected chi connectivity index (χ1v) is 9.62. The first-order chi connectivity index (χ1) is 14.7. The number of carbonyl (C=O) groups is 1. The van der Waals surface area contributed by atoms with Crippen LogP contribution in [0.25, 0.3) is 11.0 Å². The Morgan fingerprint density at radius 2 is 1.90 bits per heavy atom. The monoisotopic (exact) mass is 434 g/mol. The van der Waals surface area contributed by atoms with E-state index in [1.54, 1.807) is 17.9 Å². The fraction of sp³-hybridized carbons (Fsp3) is 0.273. The Kier molecular flexibility index (Phi) is 6.65. The topological polar surface area (TPSA) is 82.8 Å². The number of hydrogen-bond acceptors (Lipinski definition) is 5. The number of halogens is 3. The summed E-state index contributed by atoms with van der Waals surface area (Å²) < 4.78 is 45.5. The molecule has 6 nitrogen and oxygen atoms in total. The quantitative estimate of drug-likeness (QED) is 0.433. The predicted octanol–water partition coefficient (Wildman–Crippen LogP) is 4.08. The lowest BCUT2D eigenvalue weighted by Crippen LogP contribution is -2.34. The molecule has 0 fully saturated rings. The molecule has 9 heteroatoms. The van der Waals surface area contributed by atoms with Crippen LogP contribution in [0.15, 0.2) is 39.5 Å². The molecule has 1 amide bonds. The van der Waals surface area contributed by atoms with Crippen LogP contribution in [0.1, 0.15) is 24.5 Å². The molecule has 3 rings (SSSR count). The lowest BCUT2D eigenvalue weighted by Gasteiger charge is -2.22. The van der Waals surface area contributed by atoms with Crippen molar-refractivity contribution >= 4 is 22.6 Å². The molecule has 0 radical (unpaired) electrons. The molecule has 3 aromatic rings. The van der Waals surface area contributed by atoms with E-state index < -0.39 is 34.7 Å². The lowest BCUT2D eigenvalue weighted by atomic mass is 10.1. The van der Waals surface area contributed by atoms with Gasteiger partial charge in [0.25, 0.3) is 0 Å². The minimum Gasteiger partial charge on any atom is -0.508 e. The zero-order valence-corrected chi connectivity index (χ0v) is 17.0. The molecule has 0 aliphatic heterocycles. The molecule has 2 aromatic carbocycles. The second-order valence-electron chi connectivity index (χ2n) is 7.16. The Morgan fingerprint density at radius 3 is 2.61 bits per heavy atom. The third kappa shape index (κ3) is 4.88. The molecule has 0 aliphatic rings. The van der Waals surface area contributed by atoms with Gasteiger partial charge in [0.05, 0.1) is 12.2 Å². The van der Waals surface area contributed by atoms with E-state index in [2.05, 4.69) is 5.32 Å². The molecule has 164 valence electrons. The Bertz CT molecular complexity index is 1190. The number of phenolic OH excluding ortho intramolecular Hbond substituents is 1. The van der Waals surface area contributed by atoms with Gasteiger partial charge in [0.2, 0.25) is 5.91 Å². The lowest BCUT2D eigenvalue weighted by molar-refractivity contribution is -0.117. The van der Waals surface area contributed by atoms with E-state index in [0.29, 0.717) is 29.5 Å². The maximum Gasteiger partial charge on any atom is 0.336 e. The third-order valence-electron chi connectivity index (χ3n) is 4.83. The highest BCUT2D eigenvalue weighted by atomic mass is 19.2. The number of rotatable bonds is 7. The van der Waals surface area contributed by atoms with Gasteiger partial charge in [-0.1, -0.05) is 6.92 Å². The van der Waals surface area contributed by atoms with Gasteiger partial charge in [-0.15, -0.1) is 0 Å². The summed E-state index contributed by atoms with van der Waals surface area (Å²) in [5.74, 6) is -5.12. The number of fused-ring (bicyclic) bond motifs is 1. The standard InChI is InChI=1S/C22H21F3N2O4/c1-3-8-27(11-18(29)26-16-6-5-15(23)20(24)21(16)25)10-13-9-19(30)31-22-12(2)17(28)7-4-14(13)22/h4-7,9,28H,3,8,10-11H2,1-2H3,(H,26,29). The van der Waals surface area contributed by atoms with Crippen molar-refractivity contribution in [2.45, 2.75) is 26.8 Å². The summed E-state index contributed by atoms with van der Waals surface area (Å²) in [5.41, 5.74) is 0.213. The normalized spacial score (nSPS) is 11.3. The van der Waals surface area contributed by atoms with Crippen molar-refractivity contribution in [2.75, 3.05) is 18.4 Å². The number of benzene rings is 2. The fourth-order valence-corrected chi connectivity index (χ4v) is 3.33. The summed E-state index contributed by atoms with van der Waals surface area (Å²) in [6.07, 6.45) is 0.687. The van der Waals surface area contributed by atoms with Gasteiger partial charge in [-0.2, -0.15) is 0 Å². The minimum absolute atomic E-state index is 0.00820. The van der Waals surface area contributed by atoms with E-state index in [1.165, 1.54) is 12.1 Å². The molecule has 0 bridgehead atoms. The van der Waals surface area contributed by atoms with Crippen molar-refractivity contribution in [3.63, 3.8) is 0 Å². The summed E-state index contributed by atoms with van der Waals surface area (Å²) >= 11 is 0. The van der Waals surface area contributed by atoms with E-state index in [-0.39, 0.29) is 24.4 Å². The molecule has 31 heavy (non-hydrogen) atoms. The molecule has 0 saturated heterocycles. The van der Waals surface area contributed by atoms with Gasteiger partial charge in [-0.3, -0.25) is 9.69 Å². The molecule has 0 aliphatic carbocycles. The van der Waals surface area contributed by atoms with Crippen molar-refractivity contribution in [3.8, 4) is 5.75 Å². The first kappa shape index (κ1) is 22.4. The largest absolute Gasteiger partial charge is 0.508 e. The summed E-state index contributed by atoms with van der Waals surface area (Å²) in [5, 5.41) is 12.7. The van der Waals surface area contributed by atoms with Crippen LogP contribution in [0.4, 0.5) is 18.9 Å². The second-order valence-corrected chi connectivity index (χ2v) is 7.16. The van der Waals surface area contributed by atoms with Crippen LogP contribution >= 0.6 is 0 Å². The number of nitrogens with one attached hydrogen (secondary N) is 1. The molecule has 0 unspecified atom stereocenters. The minimum atomic E-state index is -1.66. The molecule has 0 spiro atoms. The zero-order chi connectivity index (χ0) is 22.7. The predicted molar refractivity (Wildman–Crippen MR) is 109 cm³/mol. The number of nitrogens with zero attached hydrogens (tertiary/aromatic N) is 1. The van der Waals surface area contributed by atoms with Crippen LogP contribution in [0.3, 0.4) is 0 Å². The molecule has 0 saturated carbocycles. The second kappa shape index (κ2) is 9.22. The fourth-order valence-electron chi connectivity index (χ4n) is 3.33. The highest BCUT2D eigenvalue weighted by molar-refractivity contribution is 5.92. The molecular formula is C22H21F3N2O4. The average molecular weight is 434 g/mol. The van der Waals surface area contributed by atoms with Crippen molar-refractivity contribution in [1.29, 1.82) is 0 Å². The van der Waals surface area contributed by atoms with Crippen molar-refractivity contribution in [3.05, 3.63) is 69.3 Å². The highest BCUT2D eigenvalue weighted by Gasteiger charge is 2.18. The van der Waals surface area contributed by atoms with Gasteiger partial charge in [-0.25, -0.2) is 18.0 Å². The number of amides is 1. The Hall–Kier alpha value is -3.33. The van der Waals surface area contributed by atoms with Crippen LogP contribution in [-0.2, 0) is 11.3 Å². The number of anilines is 1. The van der Waals surface area contributed by atoms with E-state index in [9.17, 15) is 27.9 Å². The van der Waals surface area contributed by atoms with Crippen LogP contribution in [0.2, 0.25) is 0 Å². The number of phenols is 1. The van der Waals surface area contributed by atoms with E-state index >= 15 is 0 Å². The van der Waals surface area contributed by atoms with Crippen LogP contribution in [0.5, 0.6) is 5.75 Å². The Labute approximate surface area is 175 Å². The van der Waals surface area contributed by atoms with Gasteiger partial charge >= 0.3 is 5.63 Å². The van der Waals surface area contributed by atoms with Crippen molar-refractivity contribution in [2.24, 2.45) is 0 Å². The van der Waals surface area contributed by atoms with Gasteiger partial charge < -0.3 is 14.8 Å². The number of carbonyl (C=O) groups excluding carboxylic acids is 1. The third-order valence-corrected chi connectivity index (χ3v) is 4.83. The average Bonchev–Trinajstić information content (AvgIpc) is 2.71. The molecule has 2 N–H and O–H groups in total. The Balaban J connectivity index is 1.84. The van der Waals surface area contributed by atoms with E-state index in [1.807, 2.05) is 6.92 Å². The van der Waals surface area contributed by atoms with Crippen LogP contribution in [0, 0.1) is 24.4 Å². The van der Waals surface area contributed by atoms with E-state index in [0.717, 1.165) is 12.1 Å². The molecule has 0 atom stereocenters. The Morgan fingerprint density at radius 1 is 1.16 bits per heavy atom.